The van der Waals surface area contributed by atoms with Crippen LogP contribution in [0.25, 0.3) is 0 Å². The van der Waals surface area contributed by atoms with Crippen molar-refractivity contribution in [3.63, 3.8) is 0 Å². The average Bonchev–Trinajstić information content (AvgIpc) is 2.55. The van der Waals surface area contributed by atoms with E-state index in [0.717, 1.165) is 37.7 Å². The molecule has 24 heavy (non-hydrogen) atoms. The Bertz CT molecular complexity index is 521. The molecule has 0 radical (unpaired) electrons. The van der Waals surface area contributed by atoms with Gasteiger partial charge in [-0.25, -0.2) is 0 Å². The average molecular weight is 333 g/mol. The molecule has 0 saturated heterocycles. The number of benzene rings is 1. The number of hydrogen-bond donors (Lipinski definition) is 2. The molecule has 1 fully saturated rings. The SMILES string of the molecule is CCCCCC(C)(C)c1ccc(C2CC(O)CCC2CC)c(O)c1. The van der Waals surface area contributed by atoms with Crippen LogP contribution >= 0.6 is 0 Å². The van der Waals surface area contributed by atoms with Gasteiger partial charge in [0, 0.05) is 0 Å². The van der Waals surface area contributed by atoms with Crippen molar-refractivity contribution in [2.24, 2.45) is 5.92 Å². The predicted molar refractivity (Wildman–Crippen MR) is 102 cm³/mol. The van der Waals surface area contributed by atoms with Gasteiger partial charge in [-0.3, -0.25) is 0 Å². The number of phenols is 1. The van der Waals surface area contributed by atoms with Crippen LogP contribution < -0.4 is 0 Å². The van der Waals surface area contributed by atoms with E-state index in [9.17, 15) is 10.2 Å². The Kier molecular flexibility index (Phi) is 6.74. The van der Waals surface area contributed by atoms with Crippen molar-refractivity contribution in [1.29, 1.82) is 0 Å². The third-order valence-corrected chi connectivity index (χ3v) is 6.11. The highest BCUT2D eigenvalue weighted by Crippen LogP contribution is 2.44. The number of hydrogen-bond acceptors (Lipinski definition) is 2. The third-order valence-electron chi connectivity index (χ3n) is 6.11. The molecule has 0 amide bonds. The molecule has 0 spiro atoms. The molecule has 1 aromatic carbocycles. The Morgan fingerprint density at radius 3 is 2.50 bits per heavy atom. The van der Waals surface area contributed by atoms with Crippen LogP contribution in [0.4, 0.5) is 0 Å². The van der Waals surface area contributed by atoms with E-state index in [-0.39, 0.29) is 17.4 Å². The summed E-state index contributed by atoms with van der Waals surface area (Å²) < 4.78 is 0. The summed E-state index contributed by atoms with van der Waals surface area (Å²) in [6.07, 6.45) is 8.53. The van der Waals surface area contributed by atoms with Gasteiger partial charge in [-0.2, -0.15) is 0 Å². The largest absolute Gasteiger partial charge is 0.508 e. The minimum atomic E-state index is -0.220. The number of phenolic OH excluding ortho intramolecular Hbond substituents is 1. The quantitative estimate of drug-likeness (QED) is 0.610. The van der Waals surface area contributed by atoms with Crippen molar-refractivity contribution in [2.45, 2.75) is 96.5 Å². The van der Waals surface area contributed by atoms with Gasteiger partial charge in [0.1, 0.15) is 5.75 Å². The van der Waals surface area contributed by atoms with Gasteiger partial charge in [0.15, 0.2) is 0 Å². The molecule has 2 heteroatoms. The summed E-state index contributed by atoms with van der Waals surface area (Å²) in [6, 6.07) is 6.31. The summed E-state index contributed by atoms with van der Waals surface area (Å²) in [5.74, 6) is 1.28. The van der Waals surface area contributed by atoms with Gasteiger partial charge in [0.25, 0.3) is 0 Å². The summed E-state index contributed by atoms with van der Waals surface area (Å²) in [5, 5.41) is 20.8. The molecule has 1 aliphatic carbocycles. The first-order chi connectivity index (χ1) is 11.4. The van der Waals surface area contributed by atoms with Gasteiger partial charge in [-0.05, 0) is 60.1 Å². The standard InChI is InChI=1S/C22H36O2/c1-5-7-8-13-22(3,4)17-10-12-19(21(24)14-17)20-15-18(23)11-9-16(20)6-2/h10,12,14,16,18,20,23-24H,5-9,11,13,15H2,1-4H3. The van der Waals surface area contributed by atoms with Crippen LogP contribution in [0.15, 0.2) is 18.2 Å². The lowest BCUT2D eigenvalue weighted by molar-refractivity contribution is 0.0918. The molecule has 3 unspecified atom stereocenters. The summed E-state index contributed by atoms with van der Waals surface area (Å²) in [6.45, 7) is 9.00. The number of unbranched alkanes of at least 4 members (excludes halogenated alkanes) is 2. The number of rotatable bonds is 7. The van der Waals surface area contributed by atoms with Crippen LogP contribution in [0, 0.1) is 5.92 Å². The lowest BCUT2D eigenvalue weighted by atomic mass is 9.72. The van der Waals surface area contributed by atoms with Crippen molar-refractivity contribution >= 4 is 0 Å². The molecular formula is C22H36O2. The smallest absolute Gasteiger partial charge is 0.119 e. The zero-order chi connectivity index (χ0) is 17.7. The molecule has 1 saturated carbocycles. The number of aliphatic hydroxyl groups is 1. The second-order valence-electron chi connectivity index (χ2n) is 8.36. The maximum absolute atomic E-state index is 10.7. The molecule has 1 aromatic rings. The van der Waals surface area contributed by atoms with Crippen molar-refractivity contribution in [3.05, 3.63) is 29.3 Å². The second-order valence-corrected chi connectivity index (χ2v) is 8.36. The zero-order valence-corrected chi connectivity index (χ0v) is 16.0. The third kappa shape index (κ3) is 4.53. The predicted octanol–water partition coefficient (Wildman–Crippen LogP) is 5.90. The molecule has 0 heterocycles. The molecule has 3 atom stereocenters. The van der Waals surface area contributed by atoms with Gasteiger partial charge in [-0.1, -0.05) is 65.5 Å². The van der Waals surface area contributed by atoms with Crippen LogP contribution in [-0.2, 0) is 5.41 Å². The van der Waals surface area contributed by atoms with Crippen LogP contribution in [0.2, 0.25) is 0 Å². The highest BCUT2D eigenvalue weighted by molar-refractivity contribution is 5.42. The molecule has 0 bridgehead atoms. The zero-order valence-electron chi connectivity index (χ0n) is 16.0. The molecule has 2 N–H and O–H groups in total. The highest BCUT2D eigenvalue weighted by Gasteiger charge is 2.32. The van der Waals surface area contributed by atoms with E-state index >= 15 is 0 Å². The van der Waals surface area contributed by atoms with Crippen LogP contribution in [0.1, 0.15) is 96.1 Å². The van der Waals surface area contributed by atoms with E-state index in [1.807, 2.05) is 6.07 Å². The molecule has 0 aromatic heterocycles. The normalized spacial score (nSPS) is 25.0. The maximum Gasteiger partial charge on any atom is 0.119 e. The Morgan fingerprint density at radius 2 is 1.88 bits per heavy atom. The lowest BCUT2D eigenvalue weighted by Gasteiger charge is -2.35. The van der Waals surface area contributed by atoms with Crippen molar-refractivity contribution in [3.8, 4) is 5.75 Å². The summed E-state index contributed by atoms with van der Waals surface area (Å²) in [7, 11) is 0. The first-order valence-electron chi connectivity index (χ1n) is 9.90. The fraction of sp³-hybridized carbons (Fsp3) is 0.727. The fourth-order valence-electron chi connectivity index (χ4n) is 4.32. The van der Waals surface area contributed by atoms with Crippen LogP contribution in [0.3, 0.4) is 0 Å². The van der Waals surface area contributed by atoms with Crippen molar-refractivity contribution in [2.75, 3.05) is 0 Å². The van der Waals surface area contributed by atoms with E-state index < -0.39 is 0 Å². The molecule has 136 valence electrons. The first-order valence-corrected chi connectivity index (χ1v) is 9.90. The molecular weight excluding hydrogens is 296 g/mol. The minimum absolute atomic E-state index is 0.0986. The monoisotopic (exact) mass is 332 g/mol. The van der Waals surface area contributed by atoms with Crippen molar-refractivity contribution < 1.29 is 10.2 Å². The maximum atomic E-state index is 10.7. The second kappa shape index (κ2) is 8.38. The molecule has 1 aliphatic rings. The highest BCUT2D eigenvalue weighted by atomic mass is 16.3. The van der Waals surface area contributed by atoms with Gasteiger partial charge < -0.3 is 10.2 Å². The van der Waals surface area contributed by atoms with E-state index in [2.05, 4.69) is 39.8 Å². The Labute approximate surface area is 148 Å². The molecule has 2 nitrogen and oxygen atoms in total. The lowest BCUT2D eigenvalue weighted by Crippen LogP contribution is -2.26. The summed E-state index contributed by atoms with van der Waals surface area (Å²) in [4.78, 5) is 0. The number of aliphatic hydroxyl groups excluding tert-OH is 1. The molecule has 0 aliphatic heterocycles. The molecule has 2 rings (SSSR count). The van der Waals surface area contributed by atoms with E-state index in [1.54, 1.807) is 0 Å². The van der Waals surface area contributed by atoms with Gasteiger partial charge >= 0.3 is 0 Å². The fourth-order valence-corrected chi connectivity index (χ4v) is 4.32. The van der Waals surface area contributed by atoms with Crippen molar-refractivity contribution in [1.82, 2.24) is 0 Å². The van der Waals surface area contributed by atoms with Gasteiger partial charge in [-0.15, -0.1) is 0 Å². The topological polar surface area (TPSA) is 40.5 Å². The Balaban J connectivity index is 2.19. The van der Waals surface area contributed by atoms with E-state index in [1.165, 1.54) is 24.8 Å². The summed E-state index contributed by atoms with van der Waals surface area (Å²) in [5.41, 5.74) is 2.36. The van der Waals surface area contributed by atoms with Gasteiger partial charge in [0.2, 0.25) is 0 Å². The van der Waals surface area contributed by atoms with E-state index in [0.29, 0.717) is 11.7 Å². The number of aromatic hydroxyl groups is 1. The first kappa shape index (κ1) is 19.3. The Morgan fingerprint density at radius 1 is 1.12 bits per heavy atom. The van der Waals surface area contributed by atoms with Crippen LogP contribution in [0.5, 0.6) is 5.75 Å². The van der Waals surface area contributed by atoms with Gasteiger partial charge in [0.05, 0.1) is 6.10 Å². The van der Waals surface area contributed by atoms with E-state index in [4.69, 9.17) is 0 Å². The minimum Gasteiger partial charge on any atom is -0.508 e. The Hall–Kier alpha value is -1.02. The summed E-state index contributed by atoms with van der Waals surface area (Å²) >= 11 is 0. The van der Waals surface area contributed by atoms with Crippen LogP contribution in [-0.4, -0.2) is 16.3 Å².